The second-order valence-electron chi connectivity index (χ2n) is 9.43. The maximum absolute atomic E-state index is 12.9. The van der Waals surface area contributed by atoms with Crippen LogP contribution in [-0.2, 0) is 21.1 Å². The van der Waals surface area contributed by atoms with E-state index in [1.165, 1.54) is 5.56 Å². The van der Waals surface area contributed by atoms with Crippen molar-refractivity contribution < 1.29 is 13.2 Å². The van der Waals surface area contributed by atoms with Crippen LogP contribution < -0.4 is 10.2 Å². The van der Waals surface area contributed by atoms with Gasteiger partial charge >= 0.3 is 0 Å². The number of benzene rings is 2. The van der Waals surface area contributed by atoms with Gasteiger partial charge in [0, 0.05) is 37.9 Å². The van der Waals surface area contributed by atoms with E-state index < -0.39 is 15.1 Å². The van der Waals surface area contributed by atoms with Gasteiger partial charge in [-0.25, -0.2) is 18.4 Å². The molecule has 2 aromatic carbocycles. The van der Waals surface area contributed by atoms with E-state index in [4.69, 9.17) is 0 Å². The lowest BCUT2D eigenvalue weighted by Gasteiger charge is -2.35. The van der Waals surface area contributed by atoms with Crippen molar-refractivity contribution in [3.8, 4) is 0 Å². The van der Waals surface area contributed by atoms with E-state index in [2.05, 4.69) is 39.2 Å². The molecule has 1 aliphatic rings. The molecule has 0 bridgehead atoms. The Labute approximate surface area is 213 Å². The molecule has 0 atom stereocenters. The molecular weight excluding hydrogens is 474 g/mol. The van der Waals surface area contributed by atoms with Crippen molar-refractivity contribution in [2.24, 2.45) is 0 Å². The number of nitrogens with zero attached hydrogens (tertiary/aromatic N) is 4. The minimum atomic E-state index is -3.32. The second-order valence-corrected chi connectivity index (χ2v) is 11.9. The first kappa shape index (κ1) is 25.6. The Morgan fingerprint density at radius 2 is 1.58 bits per heavy atom. The Hall–Kier alpha value is -3.46. The molecule has 1 fully saturated rings. The molecule has 1 amide bonds. The van der Waals surface area contributed by atoms with Gasteiger partial charge in [0.1, 0.15) is 17.5 Å². The number of aryl methyl sites for hydroxylation is 2. The van der Waals surface area contributed by atoms with Crippen molar-refractivity contribution in [1.82, 2.24) is 14.9 Å². The van der Waals surface area contributed by atoms with Gasteiger partial charge in [-0.3, -0.25) is 4.79 Å². The lowest BCUT2D eigenvalue weighted by atomic mass is 10.1. The van der Waals surface area contributed by atoms with Crippen LogP contribution in [0.1, 0.15) is 30.8 Å². The van der Waals surface area contributed by atoms with Crippen molar-refractivity contribution in [1.29, 1.82) is 0 Å². The number of sulfone groups is 1. The zero-order chi connectivity index (χ0) is 25.9. The Kier molecular flexibility index (Phi) is 7.59. The number of anilines is 3. The van der Waals surface area contributed by atoms with Crippen molar-refractivity contribution in [3.05, 3.63) is 71.5 Å². The number of aromatic nitrogens is 2. The van der Waals surface area contributed by atoms with Crippen LogP contribution in [0.2, 0.25) is 0 Å². The number of hydrogen-bond donors (Lipinski definition) is 1. The molecule has 1 N–H and O–H groups in total. The molecule has 0 spiro atoms. The average molecular weight is 508 g/mol. The second kappa shape index (κ2) is 10.7. The third-order valence-corrected chi connectivity index (χ3v) is 8.50. The van der Waals surface area contributed by atoms with Crippen molar-refractivity contribution in [3.63, 3.8) is 0 Å². The third-order valence-electron chi connectivity index (χ3n) is 6.33. The van der Waals surface area contributed by atoms with Crippen molar-refractivity contribution in [2.45, 2.75) is 44.3 Å². The predicted molar refractivity (Wildman–Crippen MR) is 142 cm³/mol. The Morgan fingerprint density at radius 3 is 2.19 bits per heavy atom. The van der Waals surface area contributed by atoms with Gasteiger partial charge in [-0.05, 0) is 57.5 Å². The van der Waals surface area contributed by atoms with Crippen LogP contribution in [-0.4, -0.2) is 60.6 Å². The average Bonchev–Trinajstić information content (AvgIpc) is 2.85. The molecule has 1 saturated heterocycles. The van der Waals surface area contributed by atoms with Gasteiger partial charge in [-0.2, -0.15) is 0 Å². The lowest BCUT2D eigenvalue weighted by molar-refractivity contribution is -0.130. The highest BCUT2D eigenvalue weighted by Crippen LogP contribution is 2.22. The molecule has 36 heavy (non-hydrogen) atoms. The zero-order valence-corrected chi connectivity index (χ0v) is 22.0. The number of piperazine rings is 1. The van der Waals surface area contributed by atoms with E-state index in [1.807, 2.05) is 30.0 Å². The summed E-state index contributed by atoms with van der Waals surface area (Å²) in [6.45, 7) is 9.81. The highest BCUT2D eigenvalue weighted by Gasteiger charge is 2.23. The fraction of sp³-hybridized carbons (Fsp3) is 0.370. The third kappa shape index (κ3) is 6.02. The molecule has 0 unspecified atom stereocenters. The van der Waals surface area contributed by atoms with Gasteiger partial charge < -0.3 is 15.1 Å². The van der Waals surface area contributed by atoms with Crippen LogP contribution >= 0.6 is 0 Å². The summed E-state index contributed by atoms with van der Waals surface area (Å²) in [5, 5.41) is 2.87. The topological polar surface area (TPSA) is 95.5 Å². The van der Waals surface area contributed by atoms with Crippen LogP contribution in [0.25, 0.3) is 0 Å². The van der Waals surface area contributed by atoms with E-state index in [0.717, 1.165) is 22.9 Å². The number of nitrogens with one attached hydrogen (secondary N) is 1. The van der Waals surface area contributed by atoms with Gasteiger partial charge in [0.25, 0.3) is 0 Å². The highest BCUT2D eigenvalue weighted by molar-refractivity contribution is 7.92. The van der Waals surface area contributed by atoms with E-state index in [9.17, 15) is 13.2 Å². The molecular formula is C27H33N5O3S. The number of carbonyl (C=O) groups excluding carboxylic acids is 1. The number of hydrogen-bond acceptors (Lipinski definition) is 7. The summed E-state index contributed by atoms with van der Waals surface area (Å²) in [4.78, 5) is 26.3. The summed E-state index contributed by atoms with van der Waals surface area (Å²) < 4.78 is 24.6. The smallest absolute Gasteiger partial charge is 0.227 e. The molecule has 190 valence electrons. The number of amides is 1. The first-order chi connectivity index (χ1) is 17.1. The largest absolute Gasteiger partial charge is 0.353 e. The van der Waals surface area contributed by atoms with Crippen LogP contribution in [0.15, 0.2) is 59.5 Å². The van der Waals surface area contributed by atoms with E-state index in [-0.39, 0.29) is 12.3 Å². The number of carbonyl (C=O) groups is 1. The first-order valence-corrected chi connectivity index (χ1v) is 13.7. The first-order valence-electron chi connectivity index (χ1n) is 12.2. The minimum Gasteiger partial charge on any atom is -0.353 e. The summed E-state index contributed by atoms with van der Waals surface area (Å²) in [5.41, 5.74) is 2.97. The highest BCUT2D eigenvalue weighted by atomic mass is 32.2. The Morgan fingerprint density at radius 1 is 0.944 bits per heavy atom. The van der Waals surface area contributed by atoms with Gasteiger partial charge in [0.2, 0.25) is 5.91 Å². The van der Waals surface area contributed by atoms with Crippen LogP contribution in [0.4, 0.5) is 17.3 Å². The molecule has 1 aromatic heterocycles. The van der Waals surface area contributed by atoms with Gasteiger partial charge in [-0.1, -0.05) is 29.8 Å². The maximum atomic E-state index is 12.9. The van der Waals surface area contributed by atoms with Crippen LogP contribution in [0, 0.1) is 13.8 Å². The predicted octanol–water partition coefficient (Wildman–Crippen LogP) is 3.91. The summed E-state index contributed by atoms with van der Waals surface area (Å²) in [7, 11) is -3.32. The normalized spacial score (nSPS) is 14.2. The standard InChI is InChI=1S/C27H33N5O3S/c1-19(2)36(34,35)24-11-7-22(8-12-24)17-27(33)32-15-13-31(14-16-32)26-18-25(28-21(4)29-26)30-23-9-5-20(3)6-10-23/h5-12,18-19H,13-17H2,1-4H3,(H,28,29,30). The summed E-state index contributed by atoms with van der Waals surface area (Å²) in [6.07, 6.45) is 0.249. The van der Waals surface area contributed by atoms with Gasteiger partial charge in [0.15, 0.2) is 9.84 Å². The molecule has 8 nitrogen and oxygen atoms in total. The molecule has 0 aliphatic carbocycles. The SMILES string of the molecule is Cc1ccc(Nc2cc(N3CCN(C(=O)Cc4ccc(S(=O)(=O)C(C)C)cc4)CC3)nc(C)n2)cc1. The van der Waals surface area contributed by atoms with Gasteiger partial charge in [0.05, 0.1) is 16.6 Å². The van der Waals surface area contributed by atoms with Crippen LogP contribution in [0.5, 0.6) is 0 Å². The van der Waals surface area contributed by atoms with E-state index in [1.54, 1.807) is 38.1 Å². The van der Waals surface area contributed by atoms with Crippen molar-refractivity contribution in [2.75, 3.05) is 36.4 Å². The van der Waals surface area contributed by atoms with Crippen LogP contribution in [0.3, 0.4) is 0 Å². The summed E-state index contributed by atoms with van der Waals surface area (Å²) >= 11 is 0. The molecule has 3 aromatic rings. The van der Waals surface area contributed by atoms with E-state index in [0.29, 0.717) is 36.9 Å². The molecule has 9 heteroatoms. The molecule has 2 heterocycles. The fourth-order valence-corrected chi connectivity index (χ4v) is 5.16. The lowest BCUT2D eigenvalue weighted by Crippen LogP contribution is -2.49. The molecule has 1 aliphatic heterocycles. The number of rotatable bonds is 7. The monoisotopic (exact) mass is 507 g/mol. The molecule has 0 radical (unpaired) electrons. The molecule has 0 saturated carbocycles. The van der Waals surface area contributed by atoms with Crippen molar-refractivity contribution >= 4 is 33.1 Å². The zero-order valence-electron chi connectivity index (χ0n) is 21.2. The van der Waals surface area contributed by atoms with E-state index >= 15 is 0 Å². The fourth-order valence-electron chi connectivity index (χ4n) is 4.10. The quantitative estimate of drug-likeness (QED) is 0.518. The Balaban J connectivity index is 1.35. The maximum Gasteiger partial charge on any atom is 0.227 e. The summed E-state index contributed by atoms with van der Waals surface area (Å²) in [6, 6.07) is 16.7. The van der Waals surface area contributed by atoms with Gasteiger partial charge in [-0.15, -0.1) is 0 Å². The minimum absolute atomic E-state index is 0.0368. The molecule has 4 rings (SSSR count). The Bertz CT molecular complexity index is 1310. The summed E-state index contributed by atoms with van der Waals surface area (Å²) in [5.74, 6) is 2.30.